The second-order valence-corrected chi connectivity index (χ2v) is 36.6. The Morgan fingerprint density at radius 3 is 1.25 bits per heavy atom. The van der Waals surface area contributed by atoms with Gasteiger partial charge in [0.15, 0.2) is 52.1 Å². The molecule has 2 aromatic carbocycles. The standard InChI is InChI=1S/C53H70Cl6N4O12Si2/c1-15-18-32-22-38-46(74-76(11,12)50(3,4)5)62(48(66)72-30-52(54,55)56)36-26-42(40(68-9)24-34(36)44(64)60(38)28-32)70-20-17-21-71-43-27-37-35(25-41(43)69-10)45(65)61-29-33(19-16-2)23-39(61)47(75-77(13,14)51(6,7)8)63(37)49(67)73-31-53(57,58)59/h15-16,18-19,24-29,38-39,46-47H,17,20-23,30-31H2,1-14H3/b18-15+,19-16+/t38-,39-,46-,47-/m0/s1. The van der Waals surface area contributed by atoms with Crippen LogP contribution in [0.15, 0.2) is 72.1 Å². The van der Waals surface area contributed by atoms with Crippen molar-refractivity contribution < 1.29 is 56.5 Å². The Labute approximate surface area is 484 Å². The van der Waals surface area contributed by atoms with Crippen molar-refractivity contribution in [2.24, 2.45) is 0 Å². The first-order valence-corrected chi connectivity index (χ1v) is 33.2. The van der Waals surface area contributed by atoms with E-state index in [-0.39, 0.29) is 75.2 Å². The molecule has 0 radical (unpaired) electrons. The van der Waals surface area contributed by atoms with Crippen LogP contribution >= 0.6 is 69.6 Å². The number of alkyl halides is 6. The monoisotopic (exact) mass is 1220 g/mol. The van der Waals surface area contributed by atoms with E-state index in [1.807, 2.05) is 38.2 Å². The molecule has 4 atom stereocenters. The summed E-state index contributed by atoms with van der Waals surface area (Å²) in [6, 6.07) is 4.76. The Hall–Kier alpha value is -3.83. The van der Waals surface area contributed by atoms with E-state index >= 15 is 0 Å². The van der Waals surface area contributed by atoms with E-state index in [9.17, 15) is 19.2 Å². The average Bonchev–Trinajstić information content (AvgIpc) is 3.92. The fraction of sp³-hybridized carbons (Fsp3) is 0.547. The fourth-order valence-corrected chi connectivity index (χ4v) is 11.4. The van der Waals surface area contributed by atoms with Crippen LogP contribution in [0.1, 0.15) is 95.4 Å². The van der Waals surface area contributed by atoms with Gasteiger partial charge in [-0.2, -0.15) is 0 Å². The lowest BCUT2D eigenvalue weighted by Crippen LogP contribution is -2.58. The predicted molar refractivity (Wildman–Crippen MR) is 309 cm³/mol. The number of hydrogen-bond acceptors (Lipinski definition) is 12. The molecule has 0 saturated carbocycles. The molecule has 24 heteroatoms. The molecule has 4 aliphatic rings. The topological polar surface area (TPSA) is 155 Å². The van der Waals surface area contributed by atoms with Crippen molar-refractivity contribution in [2.75, 3.05) is 50.4 Å². The number of halogens is 6. The van der Waals surface area contributed by atoms with Gasteiger partial charge in [-0.25, -0.2) is 19.4 Å². The molecular formula is C53H70Cl6N4O12Si2. The largest absolute Gasteiger partial charge is 0.493 e. The minimum atomic E-state index is -2.72. The smallest absolute Gasteiger partial charge is 0.416 e. The van der Waals surface area contributed by atoms with Crippen LogP contribution in [0, 0.1) is 0 Å². The number of nitrogens with zero attached hydrogens (tertiary/aromatic N) is 4. The Balaban J connectivity index is 1.36. The Bertz CT molecular complexity index is 2520. The van der Waals surface area contributed by atoms with Gasteiger partial charge >= 0.3 is 12.2 Å². The number of fused-ring (bicyclic) bond motifs is 4. The van der Waals surface area contributed by atoms with Crippen molar-refractivity contribution in [3.63, 3.8) is 0 Å². The number of hydrogen-bond donors (Lipinski definition) is 0. The van der Waals surface area contributed by atoms with Crippen LogP contribution in [0.4, 0.5) is 21.0 Å². The summed E-state index contributed by atoms with van der Waals surface area (Å²) in [6.07, 6.45) is 8.13. The molecule has 0 bridgehead atoms. The van der Waals surface area contributed by atoms with Gasteiger partial charge in [0.05, 0.1) is 62.0 Å². The Morgan fingerprint density at radius 2 is 0.948 bits per heavy atom. The highest BCUT2D eigenvalue weighted by Gasteiger charge is 2.53. The van der Waals surface area contributed by atoms with E-state index in [2.05, 4.69) is 67.7 Å². The van der Waals surface area contributed by atoms with Gasteiger partial charge in [0.1, 0.15) is 13.2 Å². The van der Waals surface area contributed by atoms with Crippen LogP contribution in [0.5, 0.6) is 23.0 Å². The lowest BCUT2D eigenvalue weighted by Gasteiger charge is -2.44. The molecule has 0 spiro atoms. The van der Waals surface area contributed by atoms with Crippen LogP contribution in [0.3, 0.4) is 0 Å². The van der Waals surface area contributed by atoms with Crippen LogP contribution in [-0.4, -0.2) is 123 Å². The van der Waals surface area contributed by atoms with Gasteiger partial charge in [-0.3, -0.25) is 9.59 Å². The minimum absolute atomic E-state index is 0.0239. The minimum Gasteiger partial charge on any atom is -0.493 e. The Morgan fingerprint density at radius 1 is 0.597 bits per heavy atom. The molecule has 4 aliphatic heterocycles. The van der Waals surface area contributed by atoms with Crippen molar-refractivity contribution in [3.05, 3.63) is 83.2 Å². The number of amides is 4. The molecule has 6 rings (SSSR count). The van der Waals surface area contributed by atoms with Gasteiger partial charge in [-0.05, 0) is 86.2 Å². The fourth-order valence-electron chi connectivity index (χ4n) is 8.63. The summed E-state index contributed by atoms with van der Waals surface area (Å²) in [6.45, 7) is 23.3. The van der Waals surface area contributed by atoms with E-state index in [1.165, 1.54) is 48.3 Å². The summed E-state index contributed by atoms with van der Waals surface area (Å²) in [5.41, 5.74) is 2.18. The summed E-state index contributed by atoms with van der Waals surface area (Å²) < 4.78 is 46.1. The van der Waals surface area contributed by atoms with Crippen molar-refractivity contribution in [1.82, 2.24) is 9.80 Å². The highest BCUT2D eigenvalue weighted by atomic mass is 35.6. The molecular weight excluding hydrogens is 1150 g/mol. The molecule has 2 aromatic rings. The van der Waals surface area contributed by atoms with Crippen molar-refractivity contribution in [2.45, 2.75) is 143 Å². The van der Waals surface area contributed by atoms with Crippen molar-refractivity contribution in [3.8, 4) is 23.0 Å². The second-order valence-electron chi connectivity index (χ2n) is 22.1. The third kappa shape index (κ3) is 14.2. The molecule has 77 heavy (non-hydrogen) atoms. The van der Waals surface area contributed by atoms with Gasteiger partial charge < -0.3 is 47.1 Å². The summed E-state index contributed by atoms with van der Waals surface area (Å²) in [5.74, 6) is -0.0597. The van der Waals surface area contributed by atoms with Gasteiger partial charge in [-0.15, -0.1) is 0 Å². The van der Waals surface area contributed by atoms with E-state index < -0.39 is 86.0 Å². The van der Waals surface area contributed by atoms with Gasteiger partial charge in [0.2, 0.25) is 7.59 Å². The molecule has 16 nitrogen and oxygen atoms in total. The molecule has 0 aliphatic carbocycles. The molecule has 4 amide bonds. The number of methoxy groups -OCH3 is 2. The van der Waals surface area contributed by atoms with Gasteiger partial charge in [0.25, 0.3) is 11.8 Å². The maximum atomic E-state index is 14.8. The predicted octanol–water partition coefficient (Wildman–Crippen LogP) is 14.3. The molecule has 0 saturated heterocycles. The third-order valence-electron chi connectivity index (χ3n) is 14.5. The number of anilines is 2. The molecule has 0 unspecified atom stereocenters. The van der Waals surface area contributed by atoms with Crippen LogP contribution < -0.4 is 28.7 Å². The first kappa shape index (κ1) is 62.4. The van der Waals surface area contributed by atoms with Crippen molar-refractivity contribution >= 4 is 122 Å². The number of ether oxygens (including phenoxy) is 6. The zero-order valence-corrected chi connectivity index (χ0v) is 52.5. The van der Waals surface area contributed by atoms with E-state index in [0.717, 1.165) is 11.1 Å². The maximum Gasteiger partial charge on any atom is 0.416 e. The maximum absolute atomic E-state index is 14.8. The Kier molecular flexibility index (Phi) is 19.5. The zero-order chi connectivity index (χ0) is 57.4. The van der Waals surface area contributed by atoms with Crippen LogP contribution in [0.2, 0.25) is 36.3 Å². The molecule has 424 valence electrons. The summed E-state index contributed by atoms with van der Waals surface area (Å²) in [7, 11) is -2.57. The molecule has 0 aromatic heterocycles. The summed E-state index contributed by atoms with van der Waals surface area (Å²) in [4.78, 5) is 64.4. The molecule has 0 fully saturated rings. The number of allylic oxidation sites excluding steroid dienone is 4. The first-order chi connectivity index (χ1) is 35.7. The third-order valence-corrected chi connectivity index (χ3v) is 24.1. The van der Waals surface area contributed by atoms with E-state index in [0.29, 0.717) is 12.8 Å². The summed E-state index contributed by atoms with van der Waals surface area (Å²) in [5, 5.41) is -0.632. The highest BCUT2D eigenvalue weighted by Crippen LogP contribution is 2.49. The lowest BCUT2D eigenvalue weighted by molar-refractivity contribution is 0.0583. The average molecular weight is 1220 g/mol. The second kappa shape index (κ2) is 24.1. The van der Waals surface area contributed by atoms with Gasteiger partial charge in [-0.1, -0.05) is 135 Å². The normalized spacial score (nSPS) is 20.3. The zero-order valence-electron chi connectivity index (χ0n) is 46.0. The number of benzene rings is 2. The number of carbonyl (C=O) groups is 4. The number of rotatable bonds is 16. The summed E-state index contributed by atoms with van der Waals surface area (Å²) >= 11 is 36.6. The van der Waals surface area contributed by atoms with E-state index in [1.54, 1.807) is 22.2 Å². The lowest BCUT2D eigenvalue weighted by atomic mass is 10.1. The SMILES string of the molecule is C/C=C/C1=CN2C(=O)c3cc(OC)c(OCCCOc4cc5c(cc4OC)C(=O)N4C=C(/C=C/C)C[C@H]4[C@H](O[Si](C)(C)C(C)(C)C)N5C(=O)OCC(Cl)(Cl)Cl)cc3N(C(=O)OCC(Cl)(Cl)Cl)[C@@H](O[Si](C)(C)C(C)(C)C)[C@@H]2C1. The van der Waals surface area contributed by atoms with E-state index in [4.69, 9.17) is 107 Å². The number of carbonyl (C=O) groups excluding carboxylic acids is 4. The van der Waals surface area contributed by atoms with Crippen molar-refractivity contribution in [1.29, 1.82) is 0 Å². The van der Waals surface area contributed by atoms with Crippen LogP contribution in [0.25, 0.3) is 0 Å². The first-order valence-electron chi connectivity index (χ1n) is 25.1. The van der Waals surface area contributed by atoms with Crippen LogP contribution in [-0.2, 0) is 18.3 Å². The molecule has 0 N–H and O–H groups in total. The van der Waals surface area contributed by atoms with Gasteiger partial charge in [0, 0.05) is 31.0 Å². The molecule has 4 heterocycles. The highest BCUT2D eigenvalue weighted by molar-refractivity contribution is 6.74. The quantitative estimate of drug-likeness (QED) is 0.0892.